The van der Waals surface area contributed by atoms with Crippen LogP contribution < -0.4 is 0 Å². The minimum Gasteiger partial charge on any atom is -0.390 e. The van der Waals surface area contributed by atoms with Crippen LogP contribution in [-0.2, 0) is 11.3 Å². The number of nitrogens with zero attached hydrogens (tertiary/aromatic N) is 2. The molecule has 0 bridgehead atoms. The van der Waals surface area contributed by atoms with Crippen molar-refractivity contribution in [1.29, 1.82) is 0 Å². The summed E-state index contributed by atoms with van der Waals surface area (Å²) in [6.45, 7) is 6.11. The molecule has 0 aliphatic carbocycles. The molecule has 1 aromatic heterocycles. The molecule has 2 aliphatic heterocycles. The van der Waals surface area contributed by atoms with Crippen LogP contribution >= 0.6 is 0 Å². The third-order valence-electron chi connectivity index (χ3n) is 3.83. The molecule has 18 heavy (non-hydrogen) atoms. The van der Waals surface area contributed by atoms with Gasteiger partial charge in [-0.2, -0.15) is 0 Å². The van der Waals surface area contributed by atoms with Crippen LogP contribution in [0.25, 0.3) is 0 Å². The normalized spacial score (nSPS) is 25.3. The SMILES string of the molecule is Cc1ccc(C2CCOC2)c(CN2CC(O)C2)n1. The van der Waals surface area contributed by atoms with E-state index in [1.807, 2.05) is 6.92 Å². The molecule has 1 aromatic rings. The molecule has 3 rings (SSSR count). The molecule has 2 aliphatic rings. The molecular weight excluding hydrogens is 228 g/mol. The molecule has 1 unspecified atom stereocenters. The number of hydrogen-bond donors (Lipinski definition) is 1. The van der Waals surface area contributed by atoms with Gasteiger partial charge in [-0.05, 0) is 25.0 Å². The van der Waals surface area contributed by atoms with E-state index in [2.05, 4.69) is 22.0 Å². The highest BCUT2D eigenvalue weighted by Gasteiger charge is 2.27. The van der Waals surface area contributed by atoms with Gasteiger partial charge in [-0.3, -0.25) is 9.88 Å². The van der Waals surface area contributed by atoms with E-state index in [1.54, 1.807) is 0 Å². The quantitative estimate of drug-likeness (QED) is 0.869. The van der Waals surface area contributed by atoms with Crippen molar-refractivity contribution in [3.8, 4) is 0 Å². The van der Waals surface area contributed by atoms with Crippen molar-refractivity contribution in [2.45, 2.75) is 31.9 Å². The maximum atomic E-state index is 9.35. The highest BCUT2D eigenvalue weighted by Crippen LogP contribution is 2.28. The molecular formula is C14H20N2O2. The fourth-order valence-corrected chi connectivity index (χ4v) is 2.78. The van der Waals surface area contributed by atoms with Crippen LogP contribution in [0.3, 0.4) is 0 Å². The molecule has 3 heterocycles. The Morgan fingerprint density at radius 2 is 2.28 bits per heavy atom. The number of β-amino-alcohol motifs (C(OH)–C–C–N with tert-alkyl or cyclic N) is 1. The highest BCUT2D eigenvalue weighted by molar-refractivity contribution is 5.27. The number of ether oxygens (including phenoxy) is 1. The molecule has 0 aromatic carbocycles. The monoisotopic (exact) mass is 248 g/mol. The van der Waals surface area contributed by atoms with E-state index in [0.29, 0.717) is 5.92 Å². The largest absolute Gasteiger partial charge is 0.390 e. The zero-order valence-corrected chi connectivity index (χ0v) is 10.8. The maximum Gasteiger partial charge on any atom is 0.0794 e. The van der Waals surface area contributed by atoms with Gasteiger partial charge in [-0.25, -0.2) is 0 Å². The first-order chi connectivity index (χ1) is 8.72. The lowest BCUT2D eigenvalue weighted by Gasteiger charge is -2.36. The Morgan fingerprint density at radius 1 is 1.44 bits per heavy atom. The van der Waals surface area contributed by atoms with Crippen molar-refractivity contribution in [1.82, 2.24) is 9.88 Å². The lowest BCUT2D eigenvalue weighted by Crippen LogP contribution is -2.50. The second-order valence-corrected chi connectivity index (χ2v) is 5.40. The standard InChI is InChI=1S/C14H20N2O2/c1-10-2-3-13(11-4-5-18-9-11)14(15-10)8-16-6-12(17)7-16/h2-3,11-12,17H,4-9H2,1H3. The summed E-state index contributed by atoms with van der Waals surface area (Å²) in [7, 11) is 0. The topological polar surface area (TPSA) is 45.6 Å². The molecule has 0 spiro atoms. The maximum absolute atomic E-state index is 9.35. The van der Waals surface area contributed by atoms with Crippen LogP contribution in [0.4, 0.5) is 0 Å². The number of aryl methyl sites for hydroxylation is 1. The average Bonchev–Trinajstić information content (AvgIpc) is 2.80. The summed E-state index contributed by atoms with van der Waals surface area (Å²) in [5, 5.41) is 9.35. The molecule has 0 saturated carbocycles. The number of pyridine rings is 1. The third kappa shape index (κ3) is 2.41. The van der Waals surface area contributed by atoms with Gasteiger partial charge in [0.1, 0.15) is 0 Å². The van der Waals surface area contributed by atoms with Gasteiger partial charge in [-0.15, -0.1) is 0 Å². The van der Waals surface area contributed by atoms with Gasteiger partial charge in [-0.1, -0.05) is 6.07 Å². The zero-order chi connectivity index (χ0) is 12.5. The number of hydrogen-bond acceptors (Lipinski definition) is 4. The van der Waals surface area contributed by atoms with Gasteiger partial charge < -0.3 is 9.84 Å². The van der Waals surface area contributed by atoms with Crippen molar-refractivity contribution in [2.24, 2.45) is 0 Å². The van der Waals surface area contributed by atoms with E-state index in [9.17, 15) is 5.11 Å². The Bertz CT molecular complexity index is 424. The van der Waals surface area contributed by atoms with E-state index in [0.717, 1.165) is 50.7 Å². The van der Waals surface area contributed by atoms with E-state index in [4.69, 9.17) is 4.74 Å². The molecule has 0 amide bonds. The molecule has 2 fully saturated rings. The number of aliphatic hydroxyl groups is 1. The number of likely N-dealkylation sites (tertiary alicyclic amines) is 1. The molecule has 4 heteroatoms. The first kappa shape index (κ1) is 12.1. The number of rotatable bonds is 3. The predicted molar refractivity (Wildman–Crippen MR) is 68.4 cm³/mol. The highest BCUT2D eigenvalue weighted by atomic mass is 16.5. The van der Waals surface area contributed by atoms with Crippen LogP contribution in [0.1, 0.15) is 29.3 Å². The van der Waals surface area contributed by atoms with Gasteiger partial charge >= 0.3 is 0 Å². The van der Waals surface area contributed by atoms with Gasteiger partial charge in [0.15, 0.2) is 0 Å². The first-order valence-electron chi connectivity index (χ1n) is 6.67. The molecule has 1 atom stereocenters. The average molecular weight is 248 g/mol. The predicted octanol–water partition coefficient (Wildman–Crippen LogP) is 1.07. The van der Waals surface area contributed by atoms with Gasteiger partial charge in [0.2, 0.25) is 0 Å². The lowest BCUT2D eigenvalue weighted by molar-refractivity contribution is -0.00377. The van der Waals surface area contributed by atoms with Gasteiger partial charge in [0.05, 0.1) is 18.4 Å². The smallest absolute Gasteiger partial charge is 0.0794 e. The minimum atomic E-state index is -0.145. The van der Waals surface area contributed by atoms with Crippen LogP contribution in [-0.4, -0.2) is 47.4 Å². The molecule has 2 saturated heterocycles. The Morgan fingerprint density at radius 3 is 2.94 bits per heavy atom. The van der Waals surface area contributed by atoms with Gasteiger partial charge in [0, 0.05) is 37.9 Å². The van der Waals surface area contributed by atoms with Crippen LogP contribution in [0.15, 0.2) is 12.1 Å². The second-order valence-electron chi connectivity index (χ2n) is 5.40. The summed E-state index contributed by atoms with van der Waals surface area (Å²) in [5.41, 5.74) is 3.56. The molecule has 4 nitrogen and oxygen atoms in total. The Kier molecular flexibility index (Phi) is 3.33. The summed E-state index contributed by atoms with van der Waals surface area (Å²) >= 11 is 0. The van der Waals surface area contributed by atoms with Crippen molar-refractivity contribution in [3.63, 3.8) is 0 Å². The summed E-state index contributed by atoms with van der Waals surface area (Å²) in [4.78, 5) is 6.93. The van der Waals surface area contributed by atoms with Crippen molar-refractivity contribution < 1.29 is 9.84 Å². The van der Waals surface area contributed by atoms with E-state index in [-0.39, 0.29) is 6.10 Å². The first-order valence-corrected chi connectivity index (χ1v) is 6.67. The Labute approximate surface area is 108 Å². The van der Waals surface area contributed by atoms with Crippen LogP contribution in [0.2, 0.25) is 0 Å². The van der Waals surface area contributed by atoms with E-state index < -0.39 is 0 Å². The second kappa shape index (κ2) is 4.96. The number of aromatic nitrogens is 1. The van der Waals surface area contributed by atoms with Crippen molar-refractivity contribution in [3.05, 3.63) is 29.1 Å². The third-order valence-corrected chi connectivity index (χ3v) is 3.83. The Hall–Kier alpha value is -0.970. The van der Waals surface area contributed by atoms with Crippen LogP contribution in [0, 0.1) is 6.92 Å². The van der Waals surface area contributed by atoms with E-state index in [1.165, 1.54) is 5.56 Å². The fourth-order valence-electron chi connectivity index (χ4n) is 2.78. The summed E-state index contributed by atoms with van der Waals surface area (Å²) < 4.78 is 5.48. The summed E-state index contributed by atoms with van der Waals surface area (Å²) in [6, 6.07) is 4.29. The zero-order valence-electron chi connectivity index (χ0n) is 10.8. The lowest BCUT2D eigenvalue weighted by atomic mass is 9.95. The van der Waals surface area contributed by atoms with Crippen molar-refractivity contribution >= 4 is 0 Å². The fraction of sp³-hybridized carbons (Fsp3) is 0.643. The molecule has 1 N–H and O–H groups in total. The molecule has 98 valence electrons. The van der Waals surface area contributed by atoms with Gasteiger partial charge in [0.25, 0.3) is 0 Å². The minimum absolute atomic E-state index is 0.145. The number of aliphatic hydroxyl groups excluding tert-OH is 1. The molecule has 0 radical (unpaired) electrons. The van der Waals surface area contributed by atoms with E-state index >= 15 is 0 Å². The van der Waals surface area contributed by atoms with Crippen LogP contribution in [0.5, 0.6) is 0 Å². The summed E-state index contributed by atoms with van der Waals surface area (Å²) in [5.74, 6) is 0.499. The van der Waals surface area contributed by atoms with Crippen molar-refractivity contribution in [2.75, 3.05) is 26.3 Å². The Balaban J connectivity index is 1.79. The summed E-state index contributed by atoms with van der Waals surface area (Å²) in [6.07, 6.45) is 0.952.